The zero-order valence-electron chi connectivity index (χ0n) is 33.9. The predicted molar refractivity (Wildman–Crippen MR) is 224 cm³/mol. The molecule has 0 saturated carbocycles. The number of nitrogens with zero attached hydrogens (tertiary/aromatic N) is 2. The van der Waals surface area contributed by atoms with Crippen LogP contribution < -0.4 is 43.8 Å². The lowest BCUT2D eigenvalue weighted by Gasteiger charge is -2.31. The molecule has 0 unspecified atom stereocenters. The van der Waals surface area contributed by atoms with Gasteiger partial charge in [0.25, 0.3) is 0 Å². The highest BCUT2D eigenvalue weighted by atomic mass is 16.2. The maximum absolute atomic E-state index is 14.3. The molecule has 1 aromatic heterocycles. The summed E-state index contributed by atoms with van der Waals surface area (Å²) in [6.07, 6.45) is 4.05. The van der Waals surface area contributed by atoms with Gasteiger partial charge in [0.05, 0.1) is 0 Å². The third kappa shape index (κ3) is 12.3. The first-order valence-electron chi connectivity index (χ1n) is 20.6. The Morgan fingerprint density at radius 3 is 2.12 bits per heavy atom. The first kappa shape index (κ1) is 44.6. The van der Waals surface area contributed by atoms with Crippen LogP contribution in [-0.2, 0) is 46.4 Å². The van der Waals surface area contributed by atoms with Crippen LogP contribution in [0.3, 0.4) is 0 Å². The Hall–Kier alpha value is -6.46. The van der Waals surface area contributed by atoms with E-state index in [1.54, 1.807) is 30.5 Å². The molecule has 322 valence electrons. The fraction of sp³-hybridized carbons (Fsp3) is 0.476. The van der Waals surface area contributed by atoms with Crippen LogP contribution in [-0.4, -0.2) is 107 Å². The van der Waals surface area contributed by atoms with Gasteiger partial charge < -0.3 is 53.7 Å². The van der Waals surface area contributed by atoms with Crippen molar-refractivity contribution in [3.63, 3.8) is 0 Å². The van der Waals surface area contributed by atoms with Gasteiger partial charge >= 0.3 is 0 Å². The minimum atomic E-state index is -1.32. The smallest absolute Gasteiger partial charge is 0.245 e. The second-order valence-electron chi connectivity index (χ2n) is 15.3. The molecule has 2 aromatic carbocycles. The van der Waals surface area contributed by atoms with Gasteiger partial charge in [-0.25, -0.2) is 0 Å². The van der Waals surface area contributed by atoms with Gasteiger partial charge in [-0.05, 0) is 55.7 Å². The zero-order valence-corrected chi connectivity index (χ0v) is 33.9. The number of primary amides is 1. The van der Waals surface area contributed by atoms with Gasteiger partial charge in [-0.15, -0.1) is 0 Å². The van der Waals surface area contributed by atoms with E-state index in [4.69, 9.17) is 17.2 Å². The summed E-state index contributed by atoms with van der Waals surface area (Å²) in [5.74, 6) is -4.78. The molecule has 0 aliphatic carbocycles. The fourth-order valence-corrected chi connectivity index (χ4v) is 7.64. The maximum atomic E-state index is 14.3. The zero-order chi connectivity index (χ0) is 43.2. The van der Waals surface area contributed by atoms with Crippen molar-refractivity contribution in [2.45, 2.75) is 114 Å². The van der Waals surface area contributed by atoms with Crippen LogP contribution in [0.2, 0.25) is 0 Å². The van der Waals surface area contributed by atoms with Crippen molar-refractivity contribution < 1.29 is 33.6 Å². The minimum absolute atomic E-state index is 0.0326. The third-order valence-electron chi connectivity index (χ3n) is 10.9. The molecule has 0 spiro atoms. The Morgan fingerprint density at radius 1 is 0.733 bits per heavy atom. The predicted octanol–water partition coefficient (Wildman–Crippen LogP) is -0.109. The largest absolute Gasteiger partial charge is 0.370 e. The third-order valence-corrected chi connectivity index (χ3v) is 10.9. The van der Waals surface area contributed by atoms with E-state index >= 15 is 0 Å². The van der Waals surface area contributed by atoms with Crippen molar-refractivity contribution in [3.8, 4) is 0 Å². The molecular weight excluding hydrogens is 771 g/mol. The average Bonchev–Trinajstić information content (AvgIpc) is 3.89. The molecule has 2 saturated heterocycles. The standard InChI is InChI=1S/C42H57N11O7/c1-2-3-14-31-41(60)53-21-10-17-34(53)40(59)52-32(22-25-11-5-4-6-12-25)38(57)50-30(16-9-20-46-42(44)45)37(56)51-33(23-26-24-47-28-15-8-7-13-27(26)28)39(58)49-29(36(43)55)18-19-35(54)48-31/h4-8,11-13,15,24,29-34,47H,2-3,9-10,14,16-23H2,1H3,(H2,43,55)(H,48,54)(H,49,58)(H,50,57)(H,51,56)(H,52,59)(H4,44,45,46)/t29-,30-,31-,32+,33-,34-/m0/s1. The second-order valence-corrected chi connectivity index (χ2v) is 15.3. The van der Waals surface area contributed by atoms with E-state index in [0.29, 0.717) is 31.2 Å². The van der Waals surface area contributed by atoms with E-state index in [2.05, 4.69) is 36.6 Å². The number of H-pyrrole nitrogens is 1. The number of nitrogens with one attached hydrogen (secondary N) is 6. The highest BCUT2D eigenvalue weighted by Gasteiger charge is 2.39. The molecule has 3 heterocycles. The number of carbonyl (C=O) groups is 7. The van der Waals surface area contributed by atoms with Crippen LogP contribution >= 0.6 is 0 Å². The normalized spacial score (nSPS) is 23.7. The highest BCUT2D eigenvalue weighted by molar-refractivity contribution is 5.98. The molecule has 18 nitrogen and oxygen atoms in total. The summed E-state index contributed by atoms with van der Waals surface area (Å²) in [5, 5.41) is 14.7. The van der Waals surface area contributed by atoms with Gasteiger partial charge in [-0.1, -0.05) is 68.3 Å². The summed E-state index contributed by atoms with van der Waals surface area (Å²) < 4.78 is 0. The van der Waals surface area contributed by atoms with Crippen LogP contribution in [0.25, 0.3) is 10.9 Å². The van der Waals surface area contributed by atoms with Crippen molar-refractivity contribution in [3.05, 3.63) is 71.9 Å². The van der Waals surface area contributed by atoms with Crippen molar-refractivity contribution in [1.29, 1.82) is 0 Å². The molecule has 2 aliphatic heterocycles. The molecule has 2 aliphatic rings. The van der Waals surface area contributed by atoms with Crippen molar-refractivity contribution in [1.82, 2.24) is 36.5 Å². The number of hydrogen-bond acceptors (Lipinski definition) is 8. The number of rotatable bonds is 12. The first-order chi connectivity index (χ1) is 28.8. The Labute approximate surface area is 348 Å². The van der Waals surface area contributed by atoms with E-state index in [-0.39, 0.29) is 57.6 Å². The number of guanidine groups is 1. The number of para-hydroxylation sites is 1. The molecule has 0 bridgehead atoms. The van der Waals surface area contributed by atoms with Crippen molar-refractivity contribution in [2.24, 2.45) is 22.2 Å². The number of aromatic amines is 1. The Kier molecular flexibility index (Phi) is 16.0. The van der Waals surface area contributed by atoms with Crippen LogP contribution in [0.15, 0.2) is 65.8 Å². The molecule has 6 atom stereocenters. The highest BCUT2D eigenvalue weighted by Crippen LogP contribution is 2.22. The lowest BCUT2D eigenvalue weighted by atomic mass is 10.0. The van der Waals surface area contributed by atoms with Gasteiger partial charge in [0.1, 0.15) is 36.3 Å². The van der Waals surface area contributed by atoms with E-state index < -0.39 is 77.6 Å². The van der Waals surface area contributed by atoms with Crippen molar-refractivity contribution >= 4 is 58.2 Å². The SMILES string of the molecule is CCCC[C@@H]1NC(=O)CC[C@@H](C(N)=O)NC(=O)[C@H](Cc2c[nH]c3ccccc23)NC(=O)[C@H](CCCN=C(N)N)NC(=O)[C@@H](Cc2ccccc2)NC(=O)[C@@H]2CCCN2C1=O. The van der Waals surface area contributed by atoms with E-state index in [1.165, 1.54) is 4.90 Å². The van der Waals surface area contributed by atoms with E-state index in [1.807, 2.05) is 37.3 Å². The molecular formula is C42H57N11O7. The van der Waals surface area contributed by atoms with Crippen LogP contribution in [0, 0.1) is 0 Å². The van der Waals surface area contributed by atoms with Gasteiger partial charge in [-0.3, -0.25) is 38.6 Å². The number of amides is 7. The molecule has 3 aromatic rings. The molecule has 18 heteroatoms. The summed E-state index contributed by atoms with van der Waals surface area (Å²) in [4.78, 5) is 106. The Balaban J connectivity index is 1.53. The van der Waals surface area contributed by atoms with Gasteiger partial charge in [0.2, 0.25) is 41.4 Å². The van der Waals surface area contributed by atoms with Gasteiger partial charge in [0.15, 0.2) is 5.96 Å². The van der Waals surface area contributed by atoms with E-state index in [0.717, 1.165) is 22.9 Å². The Morgan fingerprint density at radius 2 is 1.38 bits per heavy atom. The first-order valence-corrected chi connectivity index (χ1v) is 20.6. The quantitative estimate of drug-likeness (QED) is 0.0668. The summed E-state index contributed by atoms with van der Waals surface area (Å²) in [6, 6.07) is 9.48. The summed E-state index contributed by atoms with van der Waals surface area (Å²) in [7, 11) is 0. The lowest BCUT2D eigenvalue weighted by Crippen LogP contribution is -2.60. The van der Waals surface area contributed by atoms with Crippen LogP contribution in [0.4, 0.5) is 0 Å². The Bertz CT molecular complexity index is 2030. The number of fused-ring (bicyclic) bond motifs is 2. The molecule has 0 radical (unpaired) electrons. The number of hydrogen-bond donors (Lipinski definition) is 9. The van der Waals surface area contributed by atoms with Gasteiger partial charge in [0, 0.05) is 49.5 Å². The van der Waals surface area contributed by atoms with Gasteiger partial charge in [-0.2, -0.15) is 0 Å². The fourth-order valence-electron chi connectivity index (χ4n) is 7.64. The maximum Gasteiger partial charge on any atom is 0.245 e. The number of benzene rings is 2. The number of aliphatic imine (C=N–C) groups is 1. The summed E-state index contributed by atoms with van der Waals surface area (Å²) >= 11 is 0. The molecule has 2 fully saturated rings. The number of nitrogens with two attached hydrogens (primary N) is 3. The van der Waals surface area contributed by atoms with Crippen LogP contribution in [0.5, 0.6) is 0 Å². The number of unbranched alkanes of at least 4 members (excludes halogenated alkanes) is 1. The topological polar surface area (TPSA) is 289 Å². The summed E-state index contributed by atoms with van der Waals surface area (Å²) in [6.45, 7) is 2.34. The summed E-state index contributed by atoms with van der Waals surface area (Å²) in [5.41, 5.74) is 19.0. The number of aromatic nitrogens is 1. The minimum Gasteiger partial charge on any atom is -0.370 e. The average molecular weight is 828 g/mol. The molecule has 5 rings (SSSR count). The monoisotopic (exact) mass is 827 g/mol. The molecule has 60 heavy (non-hydrogen) atoms. The van der Waals surface area contributed by atoms with Crippen LogP contribution in [0.1, 0.15) is 75.8 Å². The lowest BCUT2D eigenvalue weighted by molar-refractivity contribution is -0.142. The molecule has 12 N–H and O–H groups in total. The van der Waals surface area contributed by atoms with E-state index in [9.17, 15) is 33.6 Å². The number of carbonyl (C=O) groups excluding carboxylic acids is 7. The second kappa shape index (κ2) is 21.5. The molecule has 7 amide bonds. The van der Waals surface area contributed by atoms with Crippen molar-refractivity contribution in [2.75, 3.05) is 13.1 Å².